The number of carbonyl (C=O) groups excluding carboxylic acids is 2. The summed E-state index contributed by atoms with van der Waals surface area (Å²) in [6, 6.07) is 0. The molecule has 3 heteroatoms. The molecule has 0 unspecified atom stereocenters. The van der Waals surface area contributed by atoms with E-state index < -0.39 is 0 Å². The fraction of sp³-hybridized carbons (Fsp3) is 0.667. The topological polar surface area (TPSA) is 43.4 Å². The quantitative estimate of drug-likeness (QED) is 0.341. The first kappa shape index (κ1) is 4.97. The van der Waals surface area contributed by atoms with Crippen LogP contribution in [0, 0.1) is 11.8 Å². The van der Waals surface area contributed by atoms with Crippen molar-refractivity contribution in [2.45, 2.75) is 12.8 Å². The van der Waals surface area contributed by atoms with Crippen LogP contribution in [0.4, 0.5) is 0 Å². The molecular formula is C6H6O3. The molecule has 0 N–H and O–H groups in total. The van der Waals surface area contributed by atoms with E-state index in [1.807, 2.05) is 0 Å². The van der Waals surface area contributed by atoms with Crippen LogP contribution in [-0.4, -0.2) is 11.9 Å². The summed E-state index contributed by atoms with van der Waals surface area (Å²) in [6.07, 6.45) is 1.68. The van der Waals surface area contributed by atoms with Gasteiger partial charge in [-0.1, -0.05) is 0 Å². The lowest BCUT2D eigenvalue weighted by molar-refractivity contribution is -0.153. The van der Waals surface area contributed by atoms with Gasteiger partial charge in [0.1, 0.15) is 0 Å². The minimum Gasteiger partial charge on any atom is -0.393 e. The predicted molar refractivity (Wildman–Crippen MR) is 27.3 cm³/mol. The van der Waals surface area contributed by atoms with Crippen LogP contribution < -0.4 is 0 Å². The van der Waals surface area contributed by atoms with Gasteiger partial charge in [-0.3, -0.25) is 9.59 Å². The lowest BCUT2D eigenvalue weighted by Crippen LogP contribution is -2.27. The van der Waals surface area contributed by atoms with Gasteiger partial charge in [-0.15, -0.1) is 0 Å². The monoisotopic (exact) mass is 126 g/mol. The molecule has 2 rings (SSSR count). The van der Waals surface area contributed by atoms with Crippen molar-refractivity contribution in [1.29, 1.82) is 0 Å². The zero-order valence-electron chi connectivity index (χ0n) is 4.79. The maximum atomic E-state index is 10.6. The Balaban J connectivity index is 2.26. The van der Waals surface area contributed by atoms with E-state index in [9.17, 15) is 9.59 Å². The Bertz CT molecular complexity index is 165. The van der Waals surface area contributed by atoms with E-state index in [1.54, 1.807) is 0 Å². The van der Waals surface area contributed by atoms with Crippen molar-refractivity contribution in [3.8, 4) is 0 Å². The highest BCUT2D eigenvalue weighted by atomic mass is 16.6. The van der Waals surface area contributed by atoms with Gasteiger partial charge in [0.05, 0.1) is 11.8 Å². The maximum Gasteiger partial charge on any atom is 0.317 e. The predicted octanol–water partition coefficient (Wildman–Crippen LogP) is 0.0960. The van der Waals surface area contributed by atoms with E-state index in [0.29, 0.717) is 0 Å². The Labute approximate surface area is 52.0 Å². The number of rotatable bonds is 0. The molecule has 1 aliphatic heterocycles. The molecule has 3 nitrogen and oxygen atoms in total. The smallest absolute Gasteiger partial charge is 0.317 e. The molecule has 0 radical (unpaired) electrons. The number of fused-ring (bicyclic) bond motifs is 1. The largest absolute Gasteiger partial charge is 0.393 e. The molecule has 1 saturated heterocycles. The number of esters is 2. The molecular weight excluding hydrogens is 120 g/mol. The first-order chi connectivity index (χ1) is 4.29. The summed E-state index contributed by atoms with van der Waals surface area (Å²) < 4.78 is 4.37. The van der Waals surface area contributed by atoms with Gasteiger partial charge in [0, 0.05) is 0 Å². The van der Waals surface area contributed by atoms with E-state index >= 15 is 0 Å². The molecule has 1 saturated carbocycles. The molecule has 0 aromatic carbocycles. The second kappa shape index (κ2) is 1.35. The molecule has 9 heavy (non-hydrogen) atoms. The van der Waals surface area contributed by atoms with Crippen LogP contribution in [0.1, 0.15) is 12.8 Å². The Morgan fingerprint density at radius 2 is 1.56 bits per heavy atom. The second-order valence-electron chi connectivity index (χ2n) is 2.53. The molecule has 1 heterocycles. The average molecular weight is 126 g/mol. The van der Waals surface area contributed by atoms with Crippen molar-refractivity contribution >= 4 is 11.9 Å². The summed E-state index contributed by atoms with van der Waals surface area (Å²) in [7, 11) is 0. The molecule has 0 aromatic heterocycles. The van der Waals surface area contributed by atoms with Crippen molar-refractivity contribution in [1.82, 2.24) is 0 Å². The highest BCUT2D eigenvalue weighted by Gasteiger charge is 2.50. The zero-order valence-corrected chi connectivity index (χ0v) is 4.79. The molecule has 2 fully saturated rings. The standard InChI is InChI=1S/C6H6O3/c7-5-3-1-2-4(3)6(8)9-5/h3-4H,1-2H2/t3-,4-/m0/s1. The van der Waals surface area contributed by atoms with Crippen LogP contribution in [-0.2, 0) is 14.3 Å². The summed E-state index contributed by atoms with van der Waals surface area (Å²) in [5.74, 6) is -0.762. The van der Waals surface area contributed by atoms with Crippen LogP contribution in [0.3, 0.4) is 0 Å². The Morgan fingerprint density at radius 3 is 1.78 bits per heavy atom. The Morgan fingerprint density at radius 1 is 1.11 bits per heavy atom. The van der Waals surface area contributed by atoms with E-state index in [1.165, 1.54) is 0 Å². The van der Waals surface area contributed by atoms with Crippen molar-refractivity contribution in [2.75, 3.05) is 0 Å². The fourth-order valence-corrected chi connectivity index (χ4v) is 1.31. The third-order valence-corrected chi connectivity index (χ3v) is 2.08. The fourth-order valence-electron chi connectivity index (χ4n) is 1.31. The van der Waals surface area contributed by atoms with E-state index in [2.05, 4.69) is 4.74 Å². The van der Waals surface area contributed by atoms with Gasteiger partial charge < -0.3 is 4.74 Å². The van der Waals surface area contributed by atoms with Crippen LogP contribution in [0.15, 0.2) is 0 Å². The van der Waals surface area contributed by atoms with Gasteiger partial charge in [0.15, 0.2) is 0 Å². The summed E-state index contributed by atoms with van der Waals surface area (Å²) in [6.45, 7) is 0. The van der Waals surface area contributed by atoms with Gasteiger partial charge in [0.2, 0.25) is 0 Å². The molecule has 48 valence electrons. The first-order valence-corrected chi connectivity index (χ1v) is 3.04. The molecule has 1 aliphatic carbocycles. The van der Waals surface area contributed by atoms with Crippen molar-refractivity contribution in [3.05, 3.63) is 0 Å². The molecule has 2 atom stereocenters. The maximum absolute atomic E-state index is 10.6. The lowest BCUT2D eigenvalue weighted by atomic mass is 9.76. The average Bonchev–Trinajstić information content (AvgIpc) is 1.73. The zero-order chi connectivity index (χ0) is 6.43. The van der Waals surface area contributed by atoms with E-state index in [-0.39, 0.29) is 23.8 Å². The Kier molecular flexibility index (Phi) is 0.743. The summed E-state index contributed by atoms with van der Waals surface area (Å²) >= 11 is 0. The first-order valence-electron chi connectivity index (χ1n) is 3.04. The minimum atomic E-state index is -0.309. The lowest BCUT2D eigenvalue weighted by Gasteiger charge is -2.22. The van der Waals surface area contributed by atoms with Crippen molar-refractivity contribution in [3.63, 3.8) is 0 Å². The normalized spacial score (nSPS) is 39.6. The molecule has 0 aromatic rings. The van der Waals surface area contributed by atoms with Crippen molar-refractivity contribution in [2.24, 2.45) is 11.8 Å². The van der Waals surface area contributed by atoms with Gasteiger partial charge in [0.25, 0.3) is 0 Å². The minimum absolute atomic E-state index is 0.0718. The number of cyclic esters (lactones) is 2. The SMILES string of the molecule is O=C1OC(=O)[C@H]2CC[C@H]12. The molecule has 0 amide bonds. The molecule has 0 spiro atoms. The second-order valence-corrected chi connectivity index (χ2v) is 2.53. The van der Waals surface area contributed by atoms with Crippen LogP contribution in [0.5, 0.6) is 0 Å². The van der Waals surface area contributed by atoms with Gasteiger partial charge in [-0.2, -0.15) is 0 Å². The third-order valence-electron chi connectivity index (χ3n) is 2.08. The van der Waals surface area contributed by atoms with Gasteiger partial charge in [-0.05, 0) is 12.8 Å². The summed E-state index contributed by atoms with van der Waals surface area (Å²) in [4.78, 5) is 21.2. The molecule has 2 aliphatic rings. The number of hydrogen-bond donors (Lipinski definition) is 0. The summed E-state index contributed by atoms with van der Waals surface area (Å²) in [5, 5.41) is 0. The van der Waals surface area contributed by atoms with Crippen LogP contribution in [0.2, 0.25) is 0 Å². The number of ether oxygens (including phenoxy) is 1. The summed E-state index contributed by atoms with van der Waals surface area (Å²) in [5.41, 5.74) is 0. The van der Waals surface area contributed by atoms with Crippen molar-refractivity contribution < 1.29 is 14.3 Å². The third kappa shape index (κ3) is 0.465. The number of carbonyl (C=O) groups is 2. The van der Waals surface area contributed by atoms with Crippen LogP contribution in [0.25, 0.3) is 0 Å². The number of hydrogen-bond acceptors (Lipinski definition) is 3. The van der Waals surface area contributed by atoms with E-state index in [0.717, 1.165) is 12.8 Å². The van der Waals surface area contributed by atoms with E-state index in [4.69, 9.17) is 0 Å². The Hall–Kier alpha value is -0.860. The van der Waals surface area contributed by atoms with Gasteiger partial charge in [-0.25, -0.2) is 0 Å². The highest BCUT2D eigenvalue weighted by Crippen LogP contribution is 2.40. The highest BCUT2D eigenvalue weighted by molar-refractivity contribution is 5.97. The van der Waals surface area contributed by atoms with Gasteiger partial charge >= 0.3 is 11.9 Å². The van der Waals surface area contributed by atoms with Crippen LogP contribution >= 0.6 is 0 Å². The molecule has 0 bridgehead atoms.